The zero-order chi connectivity index (χ0) is 14.4. The van der Waals surface area contributed by atoms with E-state index in [0.29, 0.717) is 17.5 Å². The zero-order valence-corrected chi connectivity index (χ0v) is 13.5. The minimum Gasteiger partial charge on any atom is -0.381 e. The molecule has 2 rings (SSSR count). The van der Waals surface area contributed by atoms with Crippen LogP contribution in [0.3, 0.4) is 0 Å². The Labute approximate surface area is 124 Å². The second-order valence-electron chi connectivity index (χ2n) is 6.76. The molecule has 0 aromatic carbocycles. The fourth-order valence-corrected chi connectivity index (χ4v) is 3.32. The molecule has 0 spiro atoms. The normalized spacial score (nSPS) is 27.9. The average molecular weight is 284 g/mol. The third-order valence-electron chi connectivity index (χ3n) is 4.80. The highest BCUT2D eigenvalue weighted by Gasteiger charge is 2.36. The van der Waals surface area contributed by atoms with Crippen LogP contribution in [0.2, 0.25) is 0 Å². The van der Waals surface area contributed by atoms with Crippen molar-refractivity contribution in [2.45, 2.75) is 52.1 Å². The third-order valence-corrected chi connectivity index (χ3v) is 4.80. The van der Waals surface area contributed by atoms with E-state index >= 15 is 0 Å². The first-order chi connectivity index (χ1) is 9.65. The summed E-state index contributed by atoms with van der Waals surface area (Å²) in [7, 11) is 0. The highest BCUT2D eigenvalue weighted by Crippen LogP contribution is 2.32. The molecule has 2 saturated heterocycles. The van der Waals surface area contributed by atoms with E-state index < -0.39 is 0 Å². The van der Waals surface area contributed by atoms with Gasteiger partial charge in [-0.05, 0) is 24.7 Å². The summed E-state index contributed by atoms with van der Waals surface area (Å²) in [5.41, 5.74) is 0.382. The number of hydrogen-bond acceptors (Lipinski definition) is 4. The highest BCUT2D eigenvalue weighted by molar-refractivity contribution is 4.90. The van der Waals surface area contributed by atoms with Crippen molar-refractivity contribution in [3.05, 3.63) is 0 Å². The van der Waals surface area contributed by atoms with Gasteiger partial charge in [0.15, 0.2) is 0 Å². The number of nitrogens with zero attached hydrogens (tertiary/aromatic N) is 1. The smallest absolute Gasteiger partial charge is 0.0622 e. The molecule has 0 bridgehead atoms. The molecule has 2 aliphatic heterocycles. The van der Waals surface area contributed by atoms with E-state index in [0.717, 1.165) is 39.5 Å². The molecular weight excluding hydrogens is 252 g/mol. The lowest BCUT2D eigenvalue weighted by atomic mass is 9.79. The summed E-state index contributed by atoms with van der Waals surface area (Å²) in [6.45, 7) is 13.8. The van der Waals surface area contributed by atoms with Gasteiger partial charge in [-0.15, -0.1) is 0 Å². The van der Waals surface area contributed by atoms with Crippen LogP contribution >= 0.6 is 0 Å². The number of hydrogen-bond donors (Lipinski definition) is 1. The Morgan fingerprint density at radius 1 is 1.20 bits per heavy atom. The SMILES string of the molecule is CCC1COCCN1CC1(CNC(C)C)CCOCC1. The fourth-order valence-electron chi connectivity index (χ4n) is 3.32. The molecule has 20 heavy (non-hydrogen) atoms. The average Bonchev–Trinajstić information content (AvgIpc) is 2.47. The predicted octanol–water partition coefficient (Wildman–Crippen LogP) is 1.89. The first-order valence-corrected chi connectivity index (χ1v) is 8.28. The van der Waals surface area contributed by atoms with Crippen LogP contribution in [0.25, 0.3) is 0 Å². The van der Waals surface area contributed by atoms with E-state index in [-0.39, 0.29) is 0 Å². The summed E-state index contributed by atoms with van der Waals surface area (Å²) in [6, 6.07) is 1.16. The molecule has 2 aliphatic rings. The molecular formula is C16H32N2O2. The van der Waals surface area contributed by atoms with Gasteiger partial charge in [-0.25, -0.2) is 0 Å². The van der Waals surface area contributed by atoms with Crippen LogP contribution in [0.15, 0.2) is 0 Å². The van der Waals surface area contributed by atoms with Gasteiger partial charge in [0, 0.05) is 44.9 Å². The molecule has 0 amide bonds. The zero-order valence-electron chi connectivity index (χ0n) is 13.5. The van der Waals surface area contributed by atoms with Crippen molar-refractivity contribution in [3.8, 4) is 0 Å². The number of rotatable bonds is 6. The van der Waals surface area contributed by atoms with Crippen molar-refractivity contribution in [3.63, 3.8) is 0 Å². The van der Waals surface area contributed by atoms with Crippen LogP contribution in [0, 0.1) is 5.41 Å². The Bertz CT molecular complexity index is 278. The quantitative estimate of drug-likeness (QED) is 0.807. The van der Waals surface area contributed by atoms with Gasteiger partial charge in [0.05, 0.1) is 13.2 Å². The van der Waals surface area contributed by atoms with Gasteiger partial charge in [-0.3, -0.25) is 4.90 Å². The van der Waals surface area contributed by atoms with E-state index in [2.05, 4.69) is 31.0 Å². The summed E-state index contributed by atoms with van der Waals surface area (Å²) in [6.07, 6.45) is 3.55. The van der Waals surface area contributed by atoms with Gasteiger partial charge in [-0.1, -0.05) is 20.8 Å². The van der Waals surface area contributed by atoms with Gasteiger partial charge in [0.2, 0.25) is 0 Å². The summed E-state index contributed by atoms with van der Waals surface area (Å²) in [5, 5.41) is 3.66. The number of morpholine rings is 1. The summed E-state index contributed by atoms with van der Waals surface area (Å²) in [5.74, 6) is 0. The van der Waals surface area contributed by atoms with Gasteiger partial charge >= 0.3 is 0 Å². The predicted molar refractivity (Wildman–Crippen MR) is 82.1 cm³/mol. The van der Waals surface area contributed by atoms with Gasteiger partial charge in [0.1, 0.15) is 0 Å². The molecule has 0 radical (unpaired) electrons. The lowest BCUT2D eigenvalue weighted by molar-refractivity contribution is -0.0549. The van der Waals surface area contributed by atoms with E-state index in [1.807, 2.05) is 0 Å². The third kappa shape index (κ3) is 4.42. The van der Waals surface area contributed by atoms with Crippen LogP contribution < -0.4 is 5.32 Å². The monoisotopic (exact) mass is 284 g/mol. The molecule has 0 saturated carbocycles. The number of ether oxygens (including phenoxy) is 2. The second kappa shape index (κ2) is 7.74. The van der Waals surface area contributed by atoms with Crippen molar-refractivity contribution < 1.29 is 9.47 Å². The fraction of sp³-hybridized carbons (Fsp3) is 1.00. The molecule has 0 aromatic heterocycles. The standard InChI is InChI=1S/C16H32N2O2/c1-4-15-11-20-10-7-18(15)13-16(12-17-14(2)3)5-8-19-9-6-16/h14-15,17H,4-13H2,1-3H3. The lowest BCUT2D eigenvalue weighted by Crippen LogP contribution is -2.54. The Morgan fingerprint density at radius 2 is 1.95 bits per heavy atom. The Balaban J connectivity index is 1.98. The first-order valence-electron chi connectivity index (χ1n) is 8.28. The maximum atomic E-state index is 5.64. The van der Waals surface area contributed by atoms with E-state index in [1.54, 1.807) is 0 Å². The van der Waals surface area contributed by atoms with Crippen LogP contribution in [-0.4, -0.2) is 63.0 Å². The molecule has 4 nitrogen and oxygen atoms in total. The summed E-state index contributed by atoms with van der Waals surface area (Å²) in [4.78, 5) is 2.66. The molecule has 2 fully saturated rings. The topological polar surface area (TPSA) is 33.7 Å². The van der Waals surface area contributed by atoms with Gasteiger partial charge in [0.25, 0.3) is 0 Å². The van der Waals surface area contributed by atoms with Crippen molar-refractivity contribution in [1.82, 2.24) is 10.2 Å². The molecule has 1 atom stereocenters. The maximum Gasteiger partial charge on any atom is 0.0622 e. The minimum atomic E-state index is 0.382. The van der Waals surface area contributed by atoms with E-state index in [4.69, 9.17) is 9.47 Å². The molecule has 118 valence electrons. The summed E-state index contributed by atoms with van der Waals surface area (Å²) < 4.78 is 11.2. The Morgan fingerprint density at radius 3 is 2.60 bits per heavy atom. The Kier molecular flexibility index (Phi) is 6.27. The first kappa shape index (κ1) is 16.2. The van der Waals surface area contributed by atoms with Crippen molar-refractivity contribution >= 4 is 0 Å². The van der Waals surface area contributed by atoms with Gasteiger partial charge in [-0.2, -0.15) is 0 Å². The molecule has 1 unspecified atom stereocenters. The molecule has 1 N–H and O–H groups in total. The van der Waals surface area contributed by atoms with Crippen molar-refractivity contribution in [2.24, 2.45) is 5.41 Å². The van der Waals surface area contributed by atoms with Crippen LogP contribution in [0.4, 0.5) is 0 Å². The molecule has 4 heteroatoms. The molecule has 2 heterocycles. The van der Waals surface area contributed by atoms with Gasteiger partial charge < -0.3 is 14.8 Å². The minimum absolute atomic E-state index is 0.382. The van der Waals surface area contributed by atoms with Crippen molar-refractivity contribution in [1.29, 1.82) is 0 Å². The Hall–Kier alpha value is -0.160. The largest absolute Gasteiger partial charge is 0.381 e. The lowest BCUT2D eigenvalue weighted by Gasteiger charge is -2.45. The van der Waals surface area contributed by atoms with Crippen molar-refractivity contribution in [2.75, 3.05) is 46.1 Å². The van der Waals surface area contributed by atoms with Crippen LogP contribution in [0.1, 0.15) is 40.0 Å². The molecule has 0 aliphatic carbocycles. The van der Waals surface area contributed by atoms with Crippen LogP contribution in [-0.2, 0) is 9.47 Å². The molecule has 0 aromatic rings. The number of nitrogens with one attached hydrogen (secondary N) is 1. The summed E-state index contributed by atoms with van der Waals surface area (Å²) >= 11 is 0. The van der Waals surface area contributed by atoms with E-state index in [1.165, 1.54) is 25.8 Å². The van der Waals surface area contributed by atoms with E-state index in [9.17, 15) is 0 Å². The highest BCUT2D eigenvalue weighted by atomic mass is 16.5. The second-order valence-corrected chi connectivity index (χ2v) is 6.76. The van der Waals surface area contributed by atoms with Crippen LogP contribution in [0.5, 0.6) is 0 Å². The maximum absolute atomic E-state index is 5.64.